The van der Waals surface area contributed by atoms with Crippen molar-refractivity contribution in [2.45, 2.75) is 78.3 Å². The SMILES string of the molecule is Cc1cn(-c2ccc(/C=C/c3nc4n(n3)CCC[C@@H]4c3cccc4c3OCO4)nc2C)cn1.Cc1cn(-c2ccc(/C=C/c3nc4n(n3)CCC[C@H]4c3cccc4c3OCO4)nc2C)cn1. The van der Waals surface area contributed by atoms with E-state index in [0.717, 1.165) is 130 Å². The average Bonchev–Trinajstić information content (AvgIpc) is 4.20. The highest BCUT2D eigenvalue weighted by Crippen LogP contribution is 2.45. The van der Waals surface area contributed by atoms with E-state index in [9.17, 15) is 0 Å². The van der Waals surface area contributed by atoms with Gasteiger partial charge in [-0.1, -0.05) is 24.3 Å². The largest absolute Gasteiger partial charge is 0.454 e. The lowest BCUT2D eigenvalue weighted by Crippen LogP contribution is -2.18. The molecular weight excluding hydrogens is 833 g/mol. The zero-order valence-corrected chi connectivity index (χ0v) is 37.2. The predicted molar refractivity (Wildman–Crippen MR) is 247 cm³/mol. The quantitative estimate of drug-likeness (QED) is 0.143. The molecule has 0 aliphatic carbocycles. The Bertz CT molecular complexity index is 2950. The van der Waals surface area contributed by atoms with Gasteiger partial charge in [-0.15, -0.1) is 0 Å². The Hall–Kier alpha value is -7.88. The van der Waals surface area contributed by atoms with Gasteiger partial charge in [0, 0.05) is 48.4 Å². The lowest BCUT2D eigenvalue weighted by Gasteiger charge is -2.23. The van der Waals surface area contributed by atoms with E-state index in [2.05, 4.69) is 34.2 Å². The third kappa shape index (κ3) is 7.99. The number of fused-ring (bicyclic) bond motifs is 4. The van der Waals surface area contributed by atoms with E-state index in [1.165, 1.54) is 0 Å². The molecule has 0 fully saturated rings. The molecule has 6 aromatic heterocycles. The summed E-state index contributed by atoms with van der Waals surface area (Å²) in [4.78, 5) is 27.8. The van der Waals surface area contributed by atoms with E-state index in [-0.39, 0.29) is 25.4 Å². The van der Waals surface area contributed by atoms with Crippen LogP contribution in [0.3, 0.4) is 0 Å². The monoisotopic (exact) mass is 880 g/mol. The van der Waals surface area contributed by atoms with Gasteiger partial charge in [0.15, 0.2) is 34.6 Å². The van der Waals surface area contributed by atoms with Gasteiger partial charge < -0.3 is 28.1 Å². The van der Waals surface area contributed by atoms with Crippen molar-refractivity contribution in [3.8, 4) is 34.4 Å². The molecule has 0 N–H and O–H groups in total. The number of pyridine rings is 2. The van der Waals surface area contributed by atoms with E-state index in [4.69, 9.17) is 49.1 Å². The van der Waals surface area contributed by atoms with Gasteiger partial charge in [-0.3, -0.25) is 9.97 Å². The molecule has 0 amide bonds. The maximum atomic E-state index is 5.76. The summed E-state index contributed by atoms with van der Waals surface area (Å²) < 4.78 is 30.7. The van der Waals surface area contributed by atoms with Crippen LogP contribution in [0.4, 0.5) is 0 Å². The second-order valence-corrected chi connectivity index (χ2v) is 16.8. The highest BCUT2D eigenvalue weighted by atomic mass is 16.7. The number of nitrogens with zero attached hydrogens (tertiary/aromatic N) is 12. The van der Waals surface area contributed by atoms with Gasteiger partial charge >= 0.3 is 0 Å². The van der Waals surface area contributed by atoms with Gasteiger partial charge in [0.25, 0.3) is 0 Å². The molecule has 0 spiro atoms. The van der Waals surface area contributed by atoms with Gasteiger partial charge in [0.2, 0.25) is 13.6 Å². The highest BCUT2D eigenvalue weighted by Gasteiger charge is 2.32. The summed E-state index contributed by atoms with van der Waals surface area (Å²) in [6.45, 7) is 10.2. The van der Waals surface area contributed by atoms with Crippen molar-refractivity contribution in [2.24, 2.45) is 0 Å². The van der Waals surface area contributed by atoms with Gasteiger partial charge in [0.05, 0.1) is 58.2 Å². The van der Waals surface area contributed by atoms with E-state index in [0.29, 0.717) is 11.6 Å². The third-order valence-electron chi connectivity index (χ3n) is 12.3. The van der Waals surface area contributed by atoms with Crippen molar-refractivity contribution in [3.05, 3.63) is 154 Å². The number of aromatic nitrogens is 12. The third-order valence-corrected chi connectivity index (χ3v) is 12.3. The van der Waals surface area contributed by atoms with Crippen LogP contribution in [-0.2, 0) is 13.1 Å². The van der Waals surface area contributed by atoms with Crippen LogP contribution in [-0.4, -0.2) is 72.2 Å². The number of hydrogen-bond donors (Lipinski definition) is 0. The Morgan fingerprint density at radius 1 is 0.530 bits per heavy atom. The molecule has 332 valence electrons. The molecular formula is C50H48N12O4. The molecule has 0 unspecified atom stereocenters. The Kier molecular flexibility index (Phi) is 10.7. The predicted octanol–water partition coefficient (Wildman–Crippen LogP) is 8.60. The number of imidazole rings is 2. The van der Waals surface area contributed by atoms with Gasteiger partial charge in [-0.05, 0) is 114 Å². The zero-order valence-electron chi connectivity index (χ0n) is 37.2. The summed E-state index contributed by atoms with van der Waals surface area (Å²) in [7, 11) is 0. The van der Waals surface area contributed by atoms with Crippen LogP contribution in [0, 0.1) is 27.7 Å². The maximum Gasteiger partial charge on any atom is 0.231 e. The van der Waals surface area contributed by atoms with Crippen LogP contribution in [0.1, 0.15) is 106 Å². The molecule has 2 atom stereocenters. The summed E-state index contributed by atoms with van der Waals surface area (Å²) in [6, 6.07) is 20.2. The van der Waals surface area contributed by atoms with Gasteiger partial charge in [-0.2, -0.15) is 10.2 Å². The number of hydrogen-bond acceptors (Lipinski definition) is 12. The molecule has 8 aromatic rings. The first-order valence-corrected chi connectivity index (χ1v) is 22.3. The van der Waals surface area contributed by atoms with Crippen LogP contribution in [0.5, 0.6) is 23.0 Å². The maximum absolute atomic E-state index is 5.76. The smallest absolute Gasteiger partial charge is 0.231 e. The fourth-order valence-electron chi connectivity index (χ4n) is 9.23. The number of benzene rings is 2. The standard InChI is InChI=1S/2C25H24N6O2/c2*1-16-13-30(14-26-16)21-10-8-18(27-17(21)2)9-11-23-28-25-20(6-4-12-31(25)29-23)19-5-3-7-22-24(19)33-15-32-22/h2*3,5,7-11,13-14,20H,4,6,12,15H2,1-2H3/b2*11-9+/t2*20-/m10/s1. The minimum Gasteiger partial charge on any atom is -0.454 e. The molecule has 2 aromatic carbocycles. The van der Waals surface area contributed by atoms with E-state index < -0.39 is 0 Å². The Morgan fingerprint density at radius 2 is 1.00 bits per heavy atom. The molecule has 0 saturated carbocycles. The average molecular weight is 881 g/mol. The molecule has 16 nitrogen and oxygen atoms in total. The van der Waals surface area contributed by atoms with Crippen molar-refractivity contribution in [3.63, 3.8) is 0 Å². The lowest BCUT2D eigenvalue weighted by atomic mass is 9.90. The molecule has 66 heavy (non-hydrogen) atoms. The normalized spacial score (nSPS) is 17.0. The second kappa shape index (κ2) is 17.3. The molecule has 0 bridgehead atoms. The van der Waals surface area contributed by atoms with Crippen LogP contribution in [0.15, 0.2) is 85.7 Å². The molecule has 4 aliphatic heterocycles. The number of ether oxygens (including phenoxy) is 4. The van der Waals surface area contributed by atoms with Crippen LogP contribution >= 0.6 is 0 Å². The summed E-state index contributed by atoms with van der Waals surface area (Å²) >= 11 is 0. The van der Waals surface area contributed by atoms with Crippen LogP contribution in [0.25, 0.3) is 35.7 Å². The van der Waals surface area contributed by atoms with Crippen LogP contribution in [0.2, 0.25) is 0 Å². The fraction of sp³-hybridized carbons (Fsp3) is 0.280. The minimum atomic E-state index is 0.142. The van der Waals surface area contributed by atoms with Gasteiger partial charge in [0.1, 0.15) is 11.6 Å². The zero-order chi connectivity index (χ0) is 44.7. The van der Waals surface area contributed by atoms with Crippen LogP contribution < -0.4 is 18.9 Å². The van der Waals surface area contributed by atoms with E-state index in [1.54, 1.807) is 0 Å². The molecule has 0 saturated heterocycles. The Morgan fingerprint density at radius 3 is 1.42 bits per heavy atom. The molecule has 10 heterocycles. The summed E-state index contributed by atoms with van der Waals surface area (Å²) in [5, 5.41) is 9.46. The number of rotatable bonds is 8. The topological polar surface area (TPSA) is 160 Å². The first-order chi connectivity index (χ1) is 32.3. The first kappa shape index (κ1) is 40.9. The van der Waals surface area contributed by atoms with Crippen molar-refractivity contribution in [2.75, 3.05) is 13.6 Å². The fourth-order valence-corrected chi connectivity index (χ4v) is 9.23. The van der Waals surface area contributed by atoms with E-state index >= 15 is 0 Å². The van der Waals surface area contributed by atoms with Crippen molar-refractivity contribution < 1.29 is 18.9 Å². The second-order valence-electron chi connectivity index (χ2n) is 16.8. The number of para-hydroxylation sites is 2. The van der Waals surface area contributed by atoms with Crippen molar-refractivity contribution in [1.29, 1.82) is 0 Å². The highest BCUT2D eigenvalue weighted by molar-refractivity contribution is 5.66. The molecule has 4 aliphatic rings. The molecule has 12 rings (SSSR count). The van der Waals surface area contributed by atoms with Gasteiger partial charge in [-0.25, -0.2) is 29.3 Å². The Balaban J connectivity index is 0.000000146. The first-order valence-electron chi connectivity index (χ1n) is 22.3. The Labute approximate surface area is 381 Å². The minimum absolute atomic E-state index is 0.142. The summed E-state index contributed by atoms with van der Waals surface area (Å²) in [5.41, 5.74) is 9.84. The van der Waals surface area contributed by atoms with E-state index in [1.807, 2.05) is 132 Å². The van der Waals surface area contributed by atoms with Crippen molar-refractivity contribution >= 4 is 24.3 Å². The lowest BCUT2D eigenvalue weighted by molar-refractivity contribution is 0.172. The molecule has 0 radical (unpaired) electrons. The van der Waals surface area contributed by atoms with Crippen molar-refractivity contribution in [1.82, 2.24) is 58.6 Å². The number of aryl methyl sites for hydroxylation is 6. The summed E-state index contributed by atoms with van der Waals surface area (Å²) in [6.07, 6.45) is 19.5. The summed E-state index contributed by atoms with van der Waals surface area (Å²) in [5.74, 6) is 6.89. The molecule has 16 heteroatoms.